The fraction of sp³-hybridized carbons (Fsp3) is 0.375. The third-order valence-electron chi connectivity index (χ3n) is 8.42. The Hall–Kier alpha value is -5.74. The Kier molecular flexibility index (Phi) is 9.21. The molecule has 2 atom stereocenters. The number of methoxy groups -OCH3 is 1. The molecule has 1 fully saturated rings. The lowest BCUT2D eigenvalue weighted by atomic mass is 10.00. The van der Waals surface area contributed by atoms with E-state index in [0.29, 0.717) is 11.4 Å². The maximum atomic E-state index is 16.3. The zero-order valence-electron chi connectivity index (χ0n) is 27.3. The highest BCUT2D eigenvalue weighted by Gasteiger charge is 2.43. The summed E-state index contributed by atoms with van der Waals surface area (Å²) in [5, 5.41) is 32.4. The molecule has 1 aromatic carbocycles. The Balaban J connectivity index is 2.04. The highest BCUT2D eigenvalue weighted by atomic mass is 19.1. The van der Waals surface area contributed by atoms with Gasteiger partial charge in [0.2, 0.25) is 0 Å². The van der Waals surface area contributed by atoms with Gasteiger partial charge >= 0.3 is 23.3 Å². The van der Waals surface area contributed by atoms with Gasteiger partial charge in [0.1, 0.15) is 35.3 Å². The van der Waals surface area contributed by atoms with E-state index in [1.165, 1.54) is 32.5 Å². The van der Waals surface area contributed by atoms with Crippen LogP contribution >= 0.6 is 0 Å². The van der Waals surface area contributed by atoms with Gasteiger partial charge in [-0.05, 0) is 37.0 Å². The summed E-state index contributed by atoms with van der Waals surface area (Å²) < 4.78 is 37.9. The van der Waals surface area contributed by atoms with Crippen LogP contribution in [0.25, 0.3) is 28.0 Å². The summed E-state index contributed by atoms with van der Waals surface area (Å²) in [5.41, 5.74) is -3.70. The van der Waals surface area contributed by atoms with Crippen LogP contribution in [0.15, 0.2) is 35.4 Å². The number of nitro groups is 1. The van der Waals surface area contributed by atoms with Crippen molar-refractivity contribution < 1.29 is 38.2 Å². The lowest BCUT2D eigenvalue weighted by molar-refractivity contribution is -0.385. The molecule has 2 unspecified atom stereocenters. The number of aliphatic carboxylic acids is 1. The van der Waals surface area contributed by atoms with E-state index in [4.69, 9.17) is 4.74 Å². The van der Waals surface area contributed by atoms with E-state index < -0.39 is 82.0 Å². The van der Waals surface area contributed by atoms with Gasteiger partial charge in [0.05, 0.1) is 46.6 Å². The topological polar surface area (TPSA) is 194 Å². The molecule has 4 aromatic rings. The SMILES string of the molecule is COc1cccc(F)c1-c1nc2c(cc1F)c(N1CC(C)N(C(=O)O)CC1C(=O)O)c([N+](=O)[O-])c(=O)n2-c1c(C(C)C)ncnc1C(C)C. The lowest BCUT2D eigenvalue weighted by Gasteiger charge is -2.43. The van der Waals surface area contributed by atoms with Crippen molar-refractivity contribution >= 4 is 34.5 Å². The molecule has 1 amide bonds. The first-order valence-electron chi connectivity index (χ1n) is 15.2. The number of fused-ring (bicyclic) bond motifs is 1. The van der Waals surface area contributed by atoms with Crippen molar-refractivity contribution in [3.63, 3.8) is 0 Å². The van der Waals surface area contributed by atoms with Gasteiger partial charge in [0, 0.05) is 12.6 Å². The van der Waals surface area contributed by atoms with E-state index >= 15 is 8.78 Å². The Bertz CT molecular complexity index is 2040. The van der Waals surface area contributed by atoms with Crippen LogP contribution in [-0.4, -0.2) is 83.9 Å². The molecule has 0 spiro atoms. The van der Waals surface area contributed by atoms with E-state index in [2.05, 4.69) is 15.0 Å². The molecule has 49 heavy (non-hydrogen) atoms. The second-order valence-corrected chi connectivity index (χ2v) is 12.2. The van der Waals surface area contributed by atoms with E-state index in [1.54, 1.807) is 27.7 Å². The first-order chi connectivity index (χ1) is 23.1. The molecule has 1 saturated heterocycles. The molecule has 258 valence electrons. The van der Waals surface area contributed by atoms with Crippen molar-refractivity contribution in [2.75, 3.05) is 25.1 Å². The Morgan fingerprint density at radius 2 is 1.67 bits per heavy atom. The summed E-state index contributed by atoms with van der Waals surface area (Å²) >= 11 is 0. The van der Waals surface area contributed by atoms with Crippen LogP contribution in [-0.2, 0) is 4.79 Å². The number of halogens is 2. The van der Waals surface area contributed by atoms with Crippen LogP contribution in [0.4, 0.5) is 25.0 Å². The number of aromatic nitrogens is 4. The number of rotatable bonds is 8. The van der Waals surface area contributed by atoms with Gasteiger partial charge < -0.3 is 24.7 Å². The van der Waals surface area contributed by atoms with Crippen molar-refractivity contribution in [3.05, 3.63) is 74.1 Å². The smallest absolute Gasteiger partial charge is 0.407 e. The molecule has 0 bridgehead atoms. The third-order valence-corrected chi connectivity index (χ3v) is 8.42. The molecule has 0 saturated carbocycles. The van der Waals surface area contributed by atoms with Crippen LogP contribution in [0.1, 0.15) is 57.8 Å². The van der Waals surface area contributed by atoms with Gasteiger partial charge in [0.15, 0.2) is 11.5 Å². The molecule has 0 radical (unpaired) electrons. The number of carboxylic acid groups (broad SMARTS) is 2. The van der Waals surface area contributed by atoms with E-state index in [1.807, 2.05) is 0 Å². The van der Waals surface area contributed by atoms with Crippen LogP contribution in [0, 0.1) is 21.7 Å². The van der Waals surface area contributed by atoms with Crippen LogP contribution in [0.2, 0.25) is 0 Å². The van der Waals surface area contributed by atoms with Crippen LogP contribution < -0.4 is 15.2 Å². The lowest BCUT2D eigenvalue weighted by Crippen LogP contribution is -2.61. The number of carboxylic acids is 1. The predicted octanol–water partition coefficient (Wildman–Crippen LogP) is 4.93. The number of hydrogen-bond donors (Lipinski definition) is 2. The molecular weight excluding hydrogens is 648 g/mol. The van der Waals surface area contributed by atoms with Gasteiger partial charge in [-0.25, -0.2) is 33.3 Å². The number of amides is 1. The van der Waals surface area contributed by atoms with Gasteiger partial charge in [-0.3, -0.25) is 19.5 Å². The van der Waals surface area contributed by atoms with E-state index in [9.17, 15) is 34.7 Å². The number of nitrogens with zero attached hydrogens (tertiary/aromatic N) is 7. The maximum absolute atomic E-state index is 16.3. The fourth-order valence-corrected chi connectivity index (χ4v) is 6.18. The van der Waals surface area contributed by atoms with Crippen molar-refractivity contribution in [3.8, 4) is 22.7 Å². The number of pyridine rings is 2. The molecule has 2 N–H and O–H groups in total. The summed E-state index contributed by atoms with van der Waals surface area (Å²) in [5.74, 6) is -4.47. The zero-order valence-corrected chi connectivity index (χ0v) is 27.3. The van der Waals surface area contributed by atoms with Gasteiger partial charge in [0.25, 0.3) is 0 Å². The molecule has 4 heterocycles. The van der Waals surface area contributed by atoms with Gasteiger partial charge in [-0.2, -0.15) is 0 Å². The summed E-state index contributed by atoms with van der Waals surface area (Å²) in [6, 6.07) is 1.95. The summed E-state index contributed by atoms with van der Waals surface area (Å²) in [7, 11) is 1.24. The Morgan fingerprint density at radius 1 is 1.04 bits per heavy atom. The number of hydrogen-bond acceptors (Lipinski definition) is 10. The molecule has 1 aliphatic heterocycles. The van der Waals surface area contributed by atoms with Crippen molar-refractivity contribution in [2.45, 2.75) is 58.5 Å². The maximum Gasteiger partial charge on any atom is 0.407 e. The number of ether oxygens (including phenoxy) is 1. The molecule has 17 heteroatoms. The second kappa shape index (κ2) is 13.0. The fourth-order valence-electron chi connectivity index (χ4n) is 6.18. The molecule has 3 aromatic heterocycles. The highest BCUT2D eigenvalue weighted by Crippen LogP contribution is 2.42. The summed E-state index contributed by atoms with van der Waals surface area (Å²) in [4.78, 5) is 66.1. The number of anilines is 1. The Morgan fingerprint density at radius 3 is 2.20 bits per heavy atom. The minimum atomic E-state index is -1.73. The van der Waals surface area contributed by atoms with Crippen molar-refractivity contribution in [2.24, 2.45) is 0 Å². The quantitative estimate of drug-likeness (QED) is 0.188. The number of benzene rings is 1. The predicted molar refractivity (Wildman–Crippen MR) is 173 cm³/mol. The van der Waals surface area contributed by atoms with Crippen molar-refractivity contribution in [1.82, 2.24) is 24.4 Å². The summed E-state index contributed by atoms with van der Waals surface area (Å²) in [6.07, 6.45) is -0.135. The van der Waals surface area contributed by atoms with Crippen molar-refractivity contribution in [1.29, 1.82) is 0 Å². The largest absolute Gasteiger partial charge is 0.496 e. The van der Waals surface area contributed by atoms with E-state index in [-0.39, 0.29) is 34.3 Å². The second-order valence-electron chi connectivity index (χ2n) is 12.2. The number of piperazine rings is 1. The Labute approximate surface area is 277 Å². The molecule has 15 nitrogen and oxygen atoms in total. The first kappa shape index (κ1) is 34.6. The molecule has 0 aliphatic carbocycles. The minimum absolute atomic E-state index is 0.0431. The van der Waals surface area contributed by atoms with Gasteiger partial charge in [-0.1, -0.05) is 33.8 Å². The molecule has 5 rings (SSSR count). The monoisotopic (exact) mass is 681 g/mol. The molecular formula is C32H33F2N7O8. The normalized spacial score (nSPS) is 16.4. The van der Waals surface area contributed by atoms with Crippen LogP contribution in [0.3, 0.4) is 0 Å². The molecule has 1 aliphatic rings. The number of carbonyl (C=O) groups is 2. The highest BCUT2D eigenvalue weighted by molar-refractivity contribution is 5.99. The average molecular weight is 682 g/mol. The first-order valence-corrected chi connectivity index (χ1v) is 15.2. The minimum Gasteiger partial charge on any atom is -0.496 e. The zero-order chi connectivity index (χ0) is 36.1. The van der Waals surface area contributed by atoms with E-state index in [0.717, 1.165) is 26.5 Å². The van der Waals surface area contributed by atoms with Crippen LogP contribution in [0.5, 0.6) is 5.75 Å². The van der Waals surface area contributed by atoms with Gasteiger partial charge in [-0.15, -0.1) is 0 Å². The standard InChI is InChI=1S/C32H33F2N7O8/c1-14(2)23-27(24(15(3)4)36-13-35-23)40-29-17(10-19(34)25(37-29)22-18(33)8-7-9-21(22)49-6)26(28(30(40)42)41(47)48)39-11-16(5)38(32(45)46)12-20(39)31(43)44/h7-10,13-16,20H,11-12H2,1-6H3,(H,43,44)(H,45,46). The summed E-state index contributed by atoms with van der Waals surface area (Å²) in [6.45, 7) is 7.50. The third kappa shape index (κ3) is 5.84. The average Bonchev–Trinajstić information content (AvgIpc) is 3.03.